The molecule has 4 rings (SSSR count). The molecule has 2 amide bonds. The molecule has 0 aliphatic rings. The standard InChI is InChI=1S/C25H24N6O2S/c1-15-4-9-21(14-16(15)2)31-23(19-10-12-27-13-11-19)29-30-25(31)34-17(3)24(33)28-20-7-5-18(6-8-20)22(26)32/h4-14,17H,1-3H3,(H2,26,32)(H,28,33). The van der Waals surface area contributed by atoms with E-state index in [4.69, 9.17) is 5.73 Å². The number of carbonyl (C=O) groups excluding carboxylic acids is 2. The van der Waals surface area contributed by atoms with Gasteiger partial charge in [0.15, 0.2) is 11.0 Å². The Hall–Kier alpha value is -3.98. The molecular formula is C25H24N6O2S. The number of nitrogens with zero attached hydrogens (tertiary/aromatic N) is 4. The van der Waals surface area contributed by atoms with Crippen LogP contribution in [0.3, 0.4) is 0 Å². The number of aryl methyl sites for hydroxylation is 2. The number of aromatic nitrogens is 4. The van der Waals surface area contributed by atoms with E-state index < -0.39 is 11.2 Å². The van der Waals surface area contributed by atoms with E-state index in [1.165, 1.54) is 17.3 Å². The van der Waals surface area contributed by atoms with Crippen molar-refractivity contribution in [3.63, 3.8) is 0 Å². The Morgan fingerprint density at radius 1 is 0.971 bits per heavy atom. The van der Waals surface area contributed by atoms with E-state index in [0.29, 0.717) is 22.2 Å². The lowest BCUT2D eigenvalue weighted by Gasteiger charge is -2.15. The molecular weight excluding hydrogens is 448 g/mol. The fourth-order valence-corrected chi connectivity index (χ4v) is 4.17. The molecule has 172 valence electrons. The van der Waals surface area contributed by atoms with E-state index in [9.17, 15) is 9.59 Å². The third-order valence-corrected chi connectivity index (χ3v) is 6.45. The SMILES string of the molecule is Cc1ccc(-n2c(SC(C)C(=O)Nc3ccc(C(N)=O)cc3)nnc2-c2ccncc2)cc1C. The number of anilines is 1. The molecule has 3 N–H and O–H groups in total. The Morgan fingerprint density at radius 3 is 2.32 bits per heavy atom. The van der Waals surface area contributed by atoms with Crippen LogP contribution < -0.4 is 11.1 Å². The molecule has 0 fully saturated rings. The zero-order valence-electron chi connectivity index (χ0n) is 19.0. The Balaban J connectivity index is 1.62. The number of primary amides is 1. The smallest absolute Gasteiger partial charge is 0.248 e. The molecule has 1 unspecified atom stereocenters. The predicted molar refractivity (Wildman–Crippen MR) is 133 cm³/mol. The Kier molecular flexibility index (Phi) is 6.74. The summed E-state index contributed by atoms with van der Waals surface area (Å²) in [6, 6.07) is 16.4. The van der Waals surface area contributed by atoms with Crippen LogP contribution in [-0.2, 0) is 4.79 Å². The number of thioether (sulfide) groups is 1. The van der Waals surface area contributed by atoms with Gasteiger partial charge in [0.25, 0.3) is 0 Å². The molecule has 0 aliphatic carbocycles. The molecule has 9 heteroatoms. The summed E-state index contributed by atoms with van der Waals surface area (Å²) in [5.74, 6) is -0.0443. The number of nitrogens with two attached hydrogens (primary N) is 1. The minimum Gasteiger partial charge on any atom is -0.366 e. The van der Waals surface area contributed by atoms with Gasteiger partial charge in [0.05, 0.1) is 10.9 Å². The molecule has 0 aliphatic heterocycles. The highest BCUT2D eigenvalue weighted by Gasteiger charge is 2.22. The molecule has 34 heavy (non-hydrogen) atoms. The predicted octanol–water partition coefficient (Wildman–Crippen LogP) is 4.16. The highest BCUT2D eigenvalue weighted by molar-refractivity contribution is 8.00. The molecule has 0 bridgehead atoms. The van der Waals surface area contributed by atoms with Crippen molar-refractivity contribution in [3.8, 4) is 17.1 Å². The van der Waals surface area contributed by atoms with Crippen LogP contribution in [-0.4, -0.2) is 36.8 Å². The highest BCUT2D eigenvalue weighted by Crippen LogP contribution is 2.31. The van der Waals surface area contributed by atoms with Crippen molar-refractivity contribution in [2.45, 2.75) is 31.2 Å². The number of pyridine rings is 1. The summed E-state index contributed by atoms with van der Waals surface area (Å²) < 4.78 is 1.96. The maximum atomic E-state index is 12.9. The van der Waals surface area contributed by atoms with Gasteiger partial charge in [-0.1, -0.05) is 17.8 Å². The number of benzene rings is 2. The second kappa shape index (κ2) is 9.88. The van der Waals surface area contributed by atoms with Gasteiger partial charge in [-0.15, -0.1) is 10.2 Å². The van der Waals surface area contributed by atoms with Crippen LogP contribution in [0.25, 0.3) is 17.1 Å². The topological polar surface area (TPSA) is 116 Å². The molecule has 1 atom stereocenters. The third-order valence-electron chi connectivity index (χ3n) is 5.41. The summed E-state index contributed by atoms with van der Waals surface area (Å²) in [5.41, 5.74) is 10.4. The highest BCUT2D eigenvalue weighted by atomic mass is 32.2. The maximum absolute atomic E-state index is 12.9. The van der Waals surface area contributed by atoms with E-state index in [0.717, 1.165) is 16.8 Å². The van der Waals surface area contributed by atoms with Crippen molar-refractivity contribution in [2.75, 3.05) is 5.32 Å². The average Bonchev–Trinajstić information content (AvgIpc) is 3.25. The number of nitrogens with one attached hydrogen (secondary N) is 1. The van der Waals surface area contributed by atoms with Gasteiger partial charge in [-0.05, 0) is 80.4 Å². The van der Waals surface area contributed by atoms with Crippen molar-refractivity contribution in [1.82, 2.24) is 19.7 Å². The maximum Gasteiger partial charge on any atom is 0.248 e. The normalized spacial score (nSPS) is 11.7. The summed E-state index contributed by atoms with van der Waals surface area (Å²) >= 11 is 1.31. The minimum atomic E-state index is -0.516. The van der Waals surface area contributed by atoms with Crippen LogP contribution in [0.2, 0.25) is 0 Å². The number of carbonyl (C=O) groups is 2. The first-order valence-corrected chi connectivity index (χ1v) is 11.5. The van der Waals surface area contributed by atoms with Crippen molar-refractivity contribution in [2.24, 2.45) is 5.73 Å². The van der Waals surface area contributed by atoms with Crippen molar-refractivity contribution in [1.29, 1.82) is 0 Å². The second-order valence-electron chi connectivity index (χ2n) is 7.84. The lowest BCUT2D eigenvalue weighted by molar-refractivity contribution is -0.115. The van der Waals surface area contributed by atoms with Gasteiger partial charge in [-0.3, -0.25) is 19.1 Å². The van der Waals surface area contributed by atoms with Crippen LogP contribution in [0, 0.1) is 13.8 Å². The fraction of sp³-hybridized carbons (Fsp3) is 0.160. The van der Waals surface area contributed by atoms with E-state index in [2.05, 4.69) is 46.5 Å². The molecule has 2 aromatic carbocycles. The van der Waals surface area contributed by atoms with Gasteiger partial charge in [-0.2, -0.15) is 0 Å². The van der Waals surface area contributed by atoms with Crippen molar-refractivity contribution in [3.05, 3.63) is 83.7 Å². The van der Waals surface area contributed by atoms with Crippen molar-refractivity contribution >= 4 is 29.3 Å². The summed E-state index contributed by atoms with van der Waals surface area (Å²) in [6.07, 6.45) is 3.42. The zero-order chi connectivity index (χ0) is 24.2. The Bertz CT molecular complexity index is 1340. The molecule has 0 radical (unpaired) electrons. The molecule has 0 saturated heterocycles. The van der Waals surface area contributed by atoms with Gasteiger partial charge >= 0.3 is 0 Å². The van der Waals surface area contributed by atoms with Crippen LogP contribution in [0.5, 0.6) is 0 Å². The molecule has 0 saturated carbocycles. The summed E-state index contributed by atoms with van der Waals surface area (Å²) in [5, 5.41) is 11.8. The van der Waals surface area contributed by atoms with E-state index in [-0.39, 0.29) is 5.91 Å². The number of rotatable bonds is 7. The quantitative estimate of drug-likeness (QED) is 0.390. The lowest BCUT2D eigenvalue weighted by Crippen LogP contribution is -2.23. The van der Waals surface area contributed by atoms with Crippen LogP contribution in [0.1, 0.15) is 28.4 Å². The average molecular weight is 473 g/mol. The van der Waals surface area contributed by atoms with Gasteiger partial charge in [0.2, 0.25) is 11.8 Å². The third kappa shape index (κ3) is 4.99. The minimum absolute atomic E-state index is 0.197. The lowest BCUT2D eigenvalue weighted by atomic mass is 10.1. The first kappa shape index (κ1) is 23.2. The first-order chi connectivity index (χ1) is 16.3. The first-order valence-electron chi connectivity index (χ1n) is 10.6. The Morgan fingerprint density at radius 2 is 1.68 bits per heavy atom. The van der Waals surface area contributed by atoms with Gasteiger partial charge in [0, 0.05) is 29.2 Å². The largest absolute Gasteiger partial charge is 0.366 e. The van der Waals surface area contributed by atoms with E-state index in [1.54, 1.807) is 36.7 Å². The molecule has 2 heterocycles. The van der Waals surface area contributed by atoms with E-state index >= 15 is 0 Å². The molecule has 4 aromatic rings. The number of hydrogen-bond acceptors (Lipinski definition) is 6. The molecule has 8 nitrogen and oxygen atoms in total. The monoisotopic (exact) mass is 472 g/mol. The van der Waals surface area contributed by atoms with Crippen molar-refractivity contribution < 1.29 is 9.59 Å². The number of hydrogen-bond donors (Lipinski definition) is 2. The van der Waals surface area contributed by atoms with Gasteiger partial charge < -0.3 is 11.1 Å². The number of amides is 2. The van der Waals surface area contributed by atoms with Crippen LogP contribution >= 0.6 is 11.8 Å². The second-order valence-corrected chi connectivity index (χ2v) is 9.14. The molecule has 0 spiro atoms. The van der Waals surface area contributed by atoms with Gasteiger partial charge in [0.1, 0.15) is 0 Å². The fourth-order valence-electron chi connectivity index (χ4n) is 3.31. The zero-order valence-corrected chi connectivity index (χ0v) is 19.8. The van der Waals surface area contributed by atoms with E-state index in [1.807, 2.05) is 29.7 Å². The summed E-state index contributed by atoms with van der Waals surface area (Å²) in [6.45, 7) is 5.93. The summed E-state index contributed by atoms with van der Waals surface area (Å²) in [7, 11) is 0. The van der Waals surface area contributed by atoms with Gasteiger partial charge in [-0.25, -0.2) is 0 Å². The van der Waals surface area contributed by atoms with Crippen LogP contribution in [0.15, 0.2) is 72.1 Å². The Labute approximate surface area is 201 Å². The summed E-state index contributed by atoms with van der Waals surface area (Å²) in [4.78, 5) is 28.2. The molecule has 2 aromatic heterocycles. The van der Waals surface area contributed by atoms with Crippen LogP contribution in [0.4, 0.5) is 5.69 Å².